The summed E-state index contributed by atoms with van der Waals surface area (Å²) in [7, 11) is 0. The SMILES string of the molecule is [2H]/C(=C\C(O)C(C)(C)C)c1ccc2c(c1)OC([2H])([2H])O2. The Kier molecular flexibility index (Phi) is 2.23. The Bertz CT molecular complexity index is 547. The second-order valence-corrected chi connectivity index (χ2v) is 5.07. The standard InChI is InChI=1S/C14H18O3/c1-14(2,3)13(15)7-5-10-4-6-11-12(8-10)17-9-16-11/h4-8,13,15H,9H2,1-3H3/b7-5+/i5D,9D2. The second kappa shape index (κ2) is 4.41. The van der Waals surface area contributed by atoms with Crippen LogP contribution in [0.4, 0.5) is 0 Å². The molecule has 1 aromatic rings. The number of benzene rings is 1. The first-order valence-electron chi connectivity index (χ1n) is 6.97. The van der Waals surface area contributed by atoms with Crippen molar-refractivity contribution in [2.24, 2.45) is 5.41 Å². The number of fused-ring (bicyclic) bond motifs is 1. The van der Waals surface area contributed by atoms with Crippen LogP contribution < -0.4 is 9.47 Å². The summed E-state index contributed by atoms with van der Waals surface area (Å²) in [5.41, 5.74) is 0.188. The van der Waals surface area contributed by atoms with Gasteiger partial charge in [-0.15, -0.1) is 0 Å². The average Bonchev–Trinajstić information content (AvgIpc) is 2.60. The van der Waals surface area contributed by atoms with Crippen molar-refractivity contribution in [3.05, 3.63) is 29.8 Å². The zero-order valence-corrected chi connectivity index (χ0v) is 10.2. The Morgan fingerprint density at radius 2 is 2.12 bits per heavy atom. The fourth-order valence-corrected chi connectivity index (χ4v) is 1.30. The predicted molar refractivity (Wildman–Crippen MR) is 67.1 cm³/mol. The summed E-state index contributed by atoms with van der Waals surface area (Å²) in [5, 5.41) is 9.98. The van der Waals surface area contributed by atoms with Crippen LogP contribution in [0.15, 0.2) is 24.3 Å². The molecule has 17 heavy (non-hydrogen) atoms. The lowest BCUT2D eigenvalue weighted by atomic mass is 9.89. The molecule has 0 spiro atoms. The normalized spacial score (nSPS) is 22.6. The Morgan fingerprint density at radius 1 is 1.41 bits per heavy atom. The summed E-state index contributed by atoms with van der Waals surface area (Å²) >= 11 is 0. The number of aliphatic hydroxyl groups is 1. The minimum atomic E-state index is -2.17. The molecule has 0 aliphatic carbocycles. The lowest BCUT2D eigenvalue weighted by Gasteiger charge is -2.22. The molecule has 2 rings (SSSR count). The molecule has 0 aromatic heterocycles. The molecule has 92 valence electrons. The van der Waals surface area contributed by atoms with E-state index < -0.39 is 12.8 Å². The van der Waals surface area contributed by atoms with Gasteiger partial charge >= 0.3 is 0 Å². The molecule has 1 atom stereocenters. The molecule has 1 N–H and O–H groups in total. The van der Waals surface area contributed by atoms with E-state index in [4.69, 9.17) is 13.6 Å². The molecule has 0 saturated carbocycles. The van der Waals surface area contributed by atoms with E-state index in [0.717, 1.165) is 0 Å². The van der Waals surface area contributed by atoms with Gasteiger partial charge < -0.3 is 14.6 Å². The van der Waals surface area contributed by atoms with Crippen LogP contribution in [-0.2, 0) is 0 Å². The third kappa shape index (κ3) is 2.80. The van der Waals surface area contributed by atoms with Gasteiger partial charge in [-0.3, -0.25) is 0 Å². The van der Waals surface area contributed by atoms with Crippen LogP contribution in [0.5, 0.6) is 11.5 Å². The average molecular weight is 237 g/mol. The van der Waals surface area contributed by atoms with Gasteiger partial charge in [0, 0.05) is 0 Å². The highest BCUT2D eigenvalue weighted by molar-refractivity contribution is 5.56. The van der Waals surface area contributed by atoms with Gasteiger partial charge in [-0.05, 0) is 23.1 Å². The van der Waals surface area contributed by atoms with Crippen molar-refractivity contribution in [3.8, 4) is 11.5 Å². The number of hydrogen-bond donors (Lipinski definition) is 1. The molecule has 1 heterocycles. The van der Waals surface area contributed by atoms with Crippen LogP contribution in [-0.4, -0.2) is 18.0 Å². The first kappa shape index (κ1) is 8.59. The Labute approximate surface area is 106 Å². The molecule has 3 nitrogen and oxygen atoms in total. The van der Waals surface area contributed by atoms with E-state index in [2.05, 4.69) is 0 Å². The number of ether oxygens (including phenoxy) is 2. The van der Waals surface area contributed by atoms with Gasteiger partial charge in [-0.1, -0.05) is 39.0 Å². The zero-order chi connectivity index (χ0) is 15.1. The Hall–Kier alpha value is -1.48. The van der Waals surface area contributed by atoms with Crippen LogP contribution in [0.1, 0.15) is 30.4 Å². The van der Waals surface area contributed by atoms with Crippen molar-refractivity contribution in [2.45, 2.75) is 26.9 Å². The molecular formula is C14H18O3. The molecule has 1 aliphatic rings. The summed E-state index contributed by atoms with van der Waals surface area (Å²) in [6.45, 7) is 3.48. The van der Waals surface area contributed by atoms with Gasteiger partial charge in [0.05, 0.1) is 7.47 Å². The van der Waals surface area contributed by atoms with Crippen molar-refractivity contribution in [3.63, 3.8) is 0 Å². The highest BCUT2D eigenvalue weighted by Gasteiger charge is 2.19. The van der Waals surface area contributed by atoms with Crippen LogP contribution >= 0.6 is 0 Å². The first-order chi connectivity index (χ1) is 9.08. The number of hydrogen-bond acceptors (Lipinski definition) is 3. The molecule has 0 radical (unpaired) electrons. The maximum atomic E-state index is 9.98. The summed E-state index contributed by atoms with van der Waals surface area (Å²) in [6.07, 6.45) is 0.721. The largest absolute Gasteiger partial charge is 0.454 e. The monoisotopic (exact) mass is 237 g/mol. The zero-order valence-electron chi connectivity index (χ0n) is 13.2. The van der Waals surface area contributed by atoms with Crippen molar-refractivity contribution in [1.82, 2.24) is 0 Å². The van der Waals surface area contributed by atoms with E-state index in [1.165, 1.54) is 12.1 Å². The van der Waals surface area contributed by atoms with E-state index in [0.29, 0.717) is 11.3 Å². The third-order valence-corrected chi connectivity index (χ3v) is 2.54. The van der Waals surface area contributed by atoms with Crippen LogP contribution in [0.3, 0.4) is 0 Å². The Balaban J connectivity index is 2.26. The van der Waals surface area contributed by atoms with Crippen molar-refractivity contribution in [1.29, 1.82) is 0 Å². The highest BCUT2D eigenvalue weighted by atomic mass is 16.7. The minimum Gasteiger partial charge on any atom is -0.454 e. The highest BCUT2D eigenvalue weighted by Crippen LogP contribution is 2.33. The smallest absolute Gasteiger partial charge is 0.231 e. The predicted octanol–water partition coefficient (Wildman–Crippen LogP) is 2.84. The van der Waals surface area contributed by atoms with Gasteiger partial charge in [-0.25, -0.2) is 0 Å². The fraction of sp³-hybridized carbons (Fsp3) is 0.429. The quantitative estimate of drug-likeness (QED) is 0.859. The van der Waals surface area contributed by atoms with Crippen molar-refractivity contribution < 1.29 is 18.7 Å². The van der Waals surface area contributed by atoms with E-state index in [1.807, 2.05) is 20.8 Å². The van der Waals surface area contributed by atoms with Crippen molar-refractivity contribution in [2.75, 3.05) is 6.75 Å². The second-order valence-electron chi connectivity index (χ2n) is 5.07. The maximum absolute atomic E-state index is 9.98. The molecule has 0 bridgehead atoms. The summed E-state index contributed by atoms with van der Waals surface area (Å²) in [6, 6.07) is 4.89. The van der Waals surface area contributed by atoms with Gasteiger partial charge in [0.25, 0.3) is 0 Å². The molecule has 0 saturated heterocycles. The summed E-state index contributed by atoms with van der Waals surface area (Å²) in [5.74, 6) is 0.568. The topological polar surface area (TPSA) is 38.7 Å². The van der Waals surface area contributed by atoms with E-state index >= 15 is 0 Å². The number of rotatable bonds is 2. The molecule has 1 aliphatic heterocycles. The van der Waals surface area contributed by atoms with E-state index in [1.54, 1.807) is 12.1 Å². The van der Waals surface area contributed by atoms with Gasteiger partial charge in [0.1, 0.15) is 2.74 Å². The van der Waals surface area contributed by atoms with Crippen molar-refractivity contribution >= 4 is 6.05 Å². The van der Waals surface area contributed by atoms with Crippen LogP contribution in [0.2, 0.25) is 0 Å². The summed E-state index contributed by atoms with van der Waals surface area (Å²) in [4.78, 5) is 0. The molecule has 0 amide bonds. The Morgan fingerprint density at radius 3 is 2.82 bits per heavy atom. The lowest BCUT2D eigenvalue weighted by Crippen LogP contribution is -2.23. The van der Waals surface area contributed by atoms with E-state index in [9.17, 15) is 5.11 Å². The van der Waals surface area contributed by atoms with Gasteiger partial charge in [-0.2, -0.15) is 0 Å². The summed E-state index contributed by atoms with van der Waals surface area (Å²) < 4.78 is 32.7. The first-order valence-corrected chi connectivity index (χ1v) is 5.47. The van der Waals surface area contributed by atoms with Gasteiger partial charge in [0.2, 0.25) is 6.75 Å². The van der Waals surface area contributed by atoms with Crippen LogP contribution in [0.25, 0.3) is 6.05 Å². The molecule has 1 aromatic carbocycles. The minimum absolute atomic E-state index is 0.159. The van der Waals surface area contributed by atoms with Gasteiger partial charge in [0.15, 0.2) is 11.5 Å². The lowest BCUT2D eigenvalue weighted by molar-refractivity contribution is 0.106. The number of aliphatic hydroxyl groups excluding tert-OH is 1. The third-order valence-electron chi connectivity index (χ3n) is 2.54. The van der Waals surface area contributed by atoms with Crippen LogP contribution in [0, 0.1) is 5.41 Å². The van der Waals surface area contributed by atoms with E-state index in [-0.39, 0.29) is 17.2 Å². The molecule has 1 unspecified atom stereocenters. The fourth-order valence-electron chi connectivity index (χ4n) is 1.30. The molecular weight excluding hydrogens is 216 g/mol. The maximum Gasteiger partial charge on any atom is 0.231 e. The molecule has 3 heteroatoms. The molecule has 0 fully saturated rings.